The molecule has 0 aromatic carbocycles. The first-order chi connectivity index (χ1) is 10.3. The summed E-state index contributed by atoms with van der Waals surface area (Å²) in [5.41, 5.74) is -1.45. The second-order valence-corrected chi connectivity index (χ2v) is 5.82. The van der Waals surface area contributed by atoms with Crippen LogP contribution in [0.5, 0.6) is 0 Å². The lowest BCUT2D eigenvalue weighted by Crippen LogP contribution is -2.27. The van der Waals surface area contributed by atoms with E-state index in [1.165, 1.54) is 7.05 Å². The molecule has 1 N–H and O–H groups in total. The molecule has 124 valence electrons. The predicted molar refractivity (Wildman–Crippen MR) is 74.2 cm³/mol. The van der Waals surface area contributed by atoms with E-state index in [1.54, 1.807) is 0 Å². The number of rotatable bonds is 4. The highest BCUT2D eigenvalue weighted by Crippen LogP contribution is 2.33. The minimum Gasteiger partial charge on any atom is -0.368 e. The molecule has 1 aromatic rings. The van der Waals surface area contributed by atoms with Crippen LogP contribution in [0.4, 0.5) is 18.9 Å². The van der Waals surface area contributed by atoms with Gasteiger partial charge < -0.3 is 10.1 Å². The number of aryl methyl sites for hydroxylation is 1. The minimum absolute atomic E-state index is 0.00508. The zero-order chi connectivity index (χ0) is 16.3. The van der Waals surface area contributed by atoms with Crippen molar-refractivity contribution in [2.75, 3.05) is 11.9 Å². The van der Waals surface area contributed by atoms with Crippen LogP contribution in [0.2, 0.25) is 0 Å². The SMILES string of the molecule is C[C@H]1CCC[C@H](OCC(=O)Nc2cn(C)nc2C(F)(F)F)C1. The van der Waals surface area contributed by atoms with Gasteiger partial charge in [-0.2, -0.15) is 18.3 Å². The van der Waals surface area contributed by atoms with Crippen LogP contribution in [0.25, 0.3) is 0 Å². The summed E-state index contributed by atoms with van der Waals surface area (Å²) in [6.07, 6.45) is 0.495. The fourth-order valence-electron chi connectivity index (χ4n) is 2.70. The molecule has 1 fully saturated rings. The molecule has 0 unspecified atom stereocenters. The topological polar surface area (TPSA) is 56.1 Å². The van der Waals surface area contributed by atoms with Crippen LogP contribution in [-0.2, 0) is 22.8 Å². The number of nitrogens with one attached hydrogen (secondary N) is 1. The second-order valence-electron chi connectivity index (χ2n) is 5.82. The third-order valence-corrected chi connectivity index (χ3v) is 3.71. The summed E-state index contributed by atoms with van der Waals surface area (Å²) in [7, 11) is 1.37. The van der Waals surface area contributed by atoms with Crippen molar-refractivity contribution < 1.29 is 22.7 Å². The lowest BCUT2D eigenvalue weighted by molar-refractivity contribution is -0.140. The van der Waals surface area contributed by atoms with Gasteiger partial charge in [-0.25, -0.2) is 0 Å². The molecule has 0 spiro atoms. The van der Waals surface area contributed by atoms with E-state index in [9.17, 15) is 18.0 Å². The summed E-state index contributed by atoms with van der Waals surface area (Å²) >= 11 is 0. The molecule has 5 nitrogen and oxygen atoms in total. The van der Waals surface area contributed by atoms with E-state index in [-0.39, 0.29) is 18.4 Å². The van der Waals surface area contributed by atoms with Gasteiger partial charge in [-0.3, -0.25) is 9.48 Å². The number of alkyl halides is 3. The molecular formula is C14H20F3N3O2. The molecule has 1 heterocycles. The Morgan fingerprint density at radius 1 is 1.50 bits per heavy atom. The zero-order valence-corrected chi connectivity index (χ0v) is 12.6. The van der Waals surface area contributed by atoms with Crippen molar-refractivity contribution >= 4 is 11.6 Å². The summed E-state index contributed by atoms with van der Waals surface area (Å²) in [5.74, 6) is -0.0475. The van der Waals surface area contributed by atoms with Gasteiger partial charge in [-0.05, 0) is 18.8 Å². The first kappa shape index (κ1) is 16.8. The molecule has 1 saturated carbocycles. The molecule has 0 saturated heterocycles. The number of carbonyl (C=O) groups is 1. The van der Waals surface area contributed by atoms with E-state index in [0.29, 0.717) is 5.92 Å². The molecule has 1 amide bonds. The number of carbonyl (C=O) groups excluding carboxylic acids is 1. The van der Waals surface area contributed by atoms with Crippen LogP contribution in [0, 0.1) is 5.92 Å². The van der Waals surface area contributed by atoms with Gasteiger partial charge in [-0.1, -0.05) is 19.8 Å². The van der Waals surface area contributed by atoms with Gasteiger partial charge in [-0.15, -0.1) is 0 Å². The summed E-state index contributed by atoms with van der Waals surface area (Å²) in [5, 5.41) is 5.55. The van der Waals surface area contributed by atoms with Gasteiger partial charge in [0, 0.05) is 13.2 Å². The van der Waals surface area contributed by atoms with Crippen molar-refractivity contribution in [1.29, 1.82) is 0 Å². The number of halogens is 3. The van der Waals surface area contributed by atoms with Crippen molar-refractivity contribution in [3.8, 4) is 0 Å². The number of hydrogen-bond acceptors (Lipinski definition) is 3. The lowest BCUT2D eigenvalue weighted by Gasteiger charge is -2.26. The largest absolute Gasteiger partial charge is 0.437 e. The smallest absolute Gasteiger partial charge is 0.368 e. The van der Waals surface area contributed by atoms with E-state index >= 15 is 0 Å². The van der Waals surface area contributed by atoms with E-state index in [0.717, 1.165) is 36.6 Å². The Hall–Kier alpha value is -1.57. The van der Waals surface area contributed by atoms with Gasteiger partial charge in [0.2, 0.25) is 5.91 Å². The van der Waals surface area contributed by atoms with Crippen molar-refractivity contribution in [3.05, 3.63) is 11.9 Å². The Morgan fingerprint density at radius 2 is 2.23 bits per heavy atom. The number of amides is 1. The van der Waals surface area contributed by atoms with E-state index < -0.39 is 17.8 Å². The summed E-state index contributed by atoms with van der Waals surface area (Å²) < 4.78 is 44.8. The van der Waals surface area contributed by atoms with Crippen LogP contribution in [0.15, 0.2) is 6.20 Å². The van der Waals surface area contributed by atoms with Crippen LogP contribution in [0.1, 0.15) is 38.3 Å². The average molecular weight is 319 g/mol. The summed E-state index contributed by atoms with van der Waals surface area (Å²) in [6, 6.07) is 0. The maximum absolute atomic E-state index is 12.8. The molecule has 0 aliphatic heterocycles. The van der Waals surface area contributed by atoms with Crippen LogP contribution < -0.4 is 5.32 Å². The molecule has 0 radical (unpaired) electrons. The second kappa shape index (κ2) is 6.68. The van der Waals surface area contributed by atoms with Gasteiger partial charge in [0.25, 0.3) is 0 Å². The first-order valence-electron chi connectivity index (χ1n) is 7.28. The Morgan fingerprint density at radius 3 is 2.86 bits per heavy atom. The molecule has 1 aliphatic carbocycles. The van der Waals surface area contributed by atoms with E-state index in [2.05, 4.69) is 17.3 Å². The number of anilines is 1. The van der Waals surface area contributed by atoms with Crippen LogP contribution in [-0.4, -0.2) is 28.4 Å². The van der Waals surface area contributed by atoms with E-state index in [1.807, 2.05) is 0 Å². The molecule has 2 atom stereocenters. The maximum atomic E-state index is 12.8. The van der Waals surface area contributed by atoms with Crippen LogP contribution in [0.3, 0.4) is 0 Å². The Labute approximate surface area is 126 Å². The fraction of sp³-hybridized carbons (Fsp3) is 0.714. The normalized spacial score (nSPS) is 22.6. The third kappa shape index (κ3) is 4.46. The molecule has 22 heavy (non-hydrogen) atoms. The summed E-state index contributed by atoms with van der Waals surface area (Å²) in [4.78, 5) is 11.8. The van der Waals surface area contributed by atoms with Crippen LogP contribution >= 0.6 is 0 Å². The molecule has 2 rings (SSSR count). The molecule has 0 bridgehead atoms. The number of aromatic nitrogens is 2. The van der Waals surface area contributed by atoms with Crippen molar-refractivity contribution in [1.82, 2.24) is 9.78 Å². The Balaban J connectivity index is 1.90. The predicted octanol–water partition coefficient (Wildman–Crippen LogP) is 2.97. The highest BCUT2D eigenvalue weighted by atomic mass is 19.4. The molecule has 8 heteroatoms. The highest BCUT2D eigenvalue weighted by molar-refractivity contribution is 5.92. The number of ether oxygens (including phenoxy) is 1. The molecule has 1 aliphatic rings. The van der Waals surface area contributed by atoms with Gasteiger partial charge in [0.05, 0.1) is 11.8 Å². The monoisotopic (exact) mass is 319 g/mol. The van der Waals surface area contributed by atoms with E-state index in [4.69, 9.17) is 4.74 Å². The van der Waals surface area contributed by atoms with Crippen molar-refractivity contribution in [3.63, 3.8) is 0 Å². The van der Waals surface area contributed by atoms with Gasteiger partial charge in [0.1, 0.15) is 6.61 Å². The highest BCUT2D eigenvalue weighted by Gasteiger charge is 2.37. The van der Waals surface area contributed by atoms with Gasteiger partial charge >= 0.3 is 6.18 Å². The van der Waals surface area contributed by atoms with Crippen molar-refractivity contribution in [2.45, 2.75) is 44.9 Å². The maximum Gasteiger partial charge on any atom is 0.437 e. The summed E-state index contributed by atoms with van der Waals surface area (Å²) in [6.45, 7) is 1.88. The van der Waals surface area contributed by atoms with Crippen molar-refractivity contribution in [2.24, 2.45) is 13.0 Å². The number of nitrogens with zero attached hydrogens (tertiary/aromatic N) is 2. The third-order valence-electron chi connectivity index (χ3n) is 3.71. The fourth-order valence-corrected chi connectivity index (χ4v) is 2.70. The Kier molecular flexibility index (Phi) is 5.10. The quantitative estimate of drug-likeness (QED) is 0.928. The molecular weight excluding hydrogens is 299 g/mol. The Bertz CT molecular complexity index is 528. The van der Waals surface area contributed by atoms with Gasteiger partial charge in [0.15, 0.2) is 5.69 Å². The standard InChI is InChI=1S/C14H20F3N3O2/c1-9-4-3-5-10(6-9)22-8-12(21)18-11-7-20(2)19-13(11)14(15,16)17/h7,9-10H,3-6,8H2,1-2H3,(H,18,21)/t9-,10-/m0/s1. The molecule has 1 aromatic heterocycles. The average Bonchev–Trinajstić information content (AvgIpc) is 2.77. The zero-order valence-electron chi connectivity index (χ0n) is 12.6. The lowest BCUT2D eigenvalue weighted by atomic mass is 9.89. The minimum atomic E-state index is -4.61. The first-order valence-corrected chi connectivity index (χ1v) is 7.28. The number of hydrogen-bond donors (Lipinski definition) is 1.